The zero-order valence-corrected chi connectivity index (χ0v) is 10.6. The van der Waals surface area contributed by atoms with Crippen molar-refractivity contribution in [2.75, 3.05) is 18.3 Å². The SMILES string of the molecule is Nc1ccc2oc(S(=O)COCC3CC3)nc2c1. The summed E-state index contributed by atoms with van der Waals surface area (Å²) in [6.07, 6.45) is 2.43. The number of nitrogens with two attached hydrogens (primary N) is 1. The summed E-state index contributed by atoms with van der Waals surface area (Å²) in [5.74, 6) is 0.796. The summed E-state index contributed by atoms with van der Waals surface area (Å²) >= 11 is 0. The van der Waals surface area contributed by atoms with Gasteiger partial charge in [0, 0.05) is 5.69 Å². The third-order valence-corrected chi connectivity index (χ3v) is 3.77. The number of benzene rings is 1. The molecule has 1 aliphatic rings. The van der Waals surface area contributed by atoms with Crippen LogP contribution in [0.25, 0.3) is 11.1 Å². The van der Waals surface area contributed by atoms with E-state index >= 15 is 0 Å². The van der Waals surface area contributed by atoms with E-state index in [9.17, 15) is 4.21 Å². The number of fused-ring (bicyclic) bond motifs is 1. The molecule has 0 radical (unpaired) electrons. The number of anilines is 1. The first-order valence-corrected chi connectivity index (χ1v) is 7.16. The molecule has 96 valence electrons. The van der Waals surface area contributed by atoms with Gasteiger partial charge < -0.3 is 14.9 Å². The molecular weight excluding hydrogens is 252 g/mol. The van der Waals surface area contributed by atoms with Crippen LogP contribution in [0.15, 0.2) is 27.8 Å². The van der Waals surface area contributed by atoms with Crippen LogP contribution in [-0.4, -0.2) is 21.7 Å². The van der Waals surface area contributed by atoms with E-state index in [0.717, 1.165) is 0 Å². The zero-order valence-electron chi connectivity index (χ0n) is 9.80. The molecule has 1 saturated carbocycles. The molecule has 3 rings (SSSR count). The fraction of sp³-hybridized carbons (Fsp3) is 0.417. The predicted octanol–water partition coefficient (Wildman–Crippen LogP) is 1.90. The van der Waals surface area contributed by atoms with Crippen molar-refractivity contribution in [1.29, 1.82) is 0 Å². The van der Waals surface area contributed by atoms with Gasteiger partial charge in [0.2, 0.25) is 0 Å². The molecule has 18 heavy (non-hydrogen) atoms. The van der Waals surface area contributed by atoms with Gasteiger partial charge in [0.1, 0.15) is 22.3 Å². The Bertz CT molecular complexity index is 592. The Morgan fingerprint density at radius 1 is 1.50 bits per heavy atom. The maximum Gasteiger partial charge on any atom is 0.290 e. The van der Waals surface area contributed by atoms with Crippen LogP contribution < -0.4 is 5.73 Å². The van der Waals surface area contributed by atoms with Gasteiger partial charge in [-0.2, -0.15) is 0 Å². The van der Waals surface area contributed by atoms with E-state index < -0.39 is 10.8 Å². The highest BCUT2D eigenvalue weighted by atomic mass is 32.2. The highest BCUT2D eigenvalue weighted by Gasteiger charge is 2.22. The lowest BCUT2D eigenvalue weighted by atomic mass is 10.3. The van der Waals surface area contributed by atoms with E-state index in [1.54, 1.807) is 18.2 Å². The second kappa shape index (κ2) is 4.70. The minimum atomic E-state index is -1.35. The maximum absolute atomic E-state index is 11.9. The van der Waals surface area contributed by atoms with Crippen molar-refractivity contribution in [2.45, 2.75) is 18.1 Å². The van der Waals surface area contributed by atoms with Gasteiger partial charge in [-0.15, -0.1) is 0 Å². The molecule has 5 nitrogen and oxygen atoms in total. The van der Waals surface area contributed by atoms with Crippen molar-refractivity contribution in [2.24, 2.45) is 5.92 Å². The quantitative estimate of drug-likeness (QED) is 0.836. The summed E-state index contributed by atoms with van der Waals surface area (Å²) in [6.45, 7) is 0.679. The number of rotatable bonds is 5. The molecule has 1 aromatic heterocycles. The van der Waals surface area contributed by atoms with Gasteiger partial charge in [0.25, 0.3) is 5.22 Å². The topological polar surface area (TPSA) is 78.3 Å². The molecule has 2 N–H and O–H groups in total. The molecular formula is C12H14N2O3S. The Labute approximate surface area is 107 Å². The zero-order chi connectivity index (χ0) is 12.5. The number of hydrogen-bond donors (Lipinski definition) is 1. The fourth-order valence-electron chi connectivity index (χ4n) is 1.65. The third kappa shape index (κ3) is 2.54. The lowest BCUT2D eigenvalue weighted by Crippen LogP contribution is -2.05. The lowest BCUT2D eigenvalue weighted by Gasteiger charge is -1.99. The normalized spacial score (nSPS) is 17.1. The van der Waals surface area contributed by atoms with Crippen LogP contribution in [0.4, 0.5) is 5.69 Å². The average Bonchev–Trinajstić information content (AvgIpc) is 3.06. The molecule has 1 aliphatic carbocycles. The van der Waals surface area contributed by atoms with E-state index in [0.29, 0.717) is 29.3 Å². The smallest absolute Gasteiger partial charge is 0.290 e. The number of nitrogens with zero attached hydrogens (tertiary/aromatic N) is 1. The largest absolute Gasteiger partial charge is 0.430 e. The first-order valence-electron chi connectivity index (χ1n) is 5.84. The fourth-order valence-corrected chi connectivity index (χ4v) is 2.38. The first-order chi connectivity index (χ1) is 8.72. The van der Waals surface area contributed by atoms with Crippen LogP contribution >= 0.6 is 0 Å². The highest BCUT2D eigenvalue weighted by Crippen LogP contribution is 2.29. The molecule has 0 amide bonds. The van der Waals surface area contributed by atoms with Crippen LogP contribution in [0.3, 0.4) is 0 Å². The number of hydrogen-bond acceptors (Lipinski definition) is 5. The van der Waals surface area contributed by atoms with Crippen molar-refractivity contribution in [3.63, 3.8) is 0 Å². The second-order valence-electron chi connectivity index (χ2n) is 4.48. The molecule has 0 saturated heterocycles. The van der Waals surface area contributed by atoms with Gasteiger partial charge in [-0.3, -0.25) is 0 Å². The van der Waals surface area contributed by atoms with Gasteiger partial charge in [0.05, 0.1) is 6.61 Å². The van der Waals surface area contributed by atoms with Gasteiger partial charge in [-0.05, 0) is 37.0 Å². The average molecular weight is 266 g/mol. The number of aromatic nitrogens is 1. The van der Waals surface area contributed by atoms with Crippen molar-refractivity contribution in [3.05, 3.63) is 18.2 Å². The predicted molar refractivity (Wildman–Crippen MR) is 68.4 cm³/mol. The van der Waals surface area contributed by atoms with Crippen molar-refractivity contribution in [3.8, 4) is 0 Å². The van der Waals surface area contributed by atoms with E-state index in [-0.39, 0.29) is 11.2 Å². The Kier molecular flexibility index (Phi) is 3.05. The third-order valence-electron chi connectivity index (χ3n) is 2.83. The molecule has 6 heteroatoms. The maximum atomic E-state index is 11.9. The molecule has 1 aromatic carbocycles. The summed E-state index contributed by atoms with van der Waals surface area (Å²) in [7, 11) is -1.35. The molecule has 1 fully saturated rings. The Morgan fingerprint density at radius 3 is 3.11 bits per heavy atom. The molecule has 0 spiro atoms. The molecule has 0 bridgehead atoms. The Balaban J connectivity index is 1.70. The number of ether oxygens (including phenoxy) is 1. The van der Waals surface area contributed by atoms with E-state index in [1.165, 1.54) is 12.8 Å². The molecule has 1 heterocycles. The van der Waals surface area contributed by atoms with E-state index in [2.05, 4.69) is 4.98 Å². The second-order valence-corrected chi connectivity index (χ2v) is 5.76. The van der Waals surface area contributed by atoms with Crippen LogP contribution in [0.1, 0.15) is 12.8 Å². The Hall–Kier alpha value is -1.40. The summed E-state index contributed by atoms with van der Waals surface area (Å²) < 4.78 is 22.7. The van der Waals surface area contributed by atoms with Gasteiger partial charge in [0.15, 0.2) is 5.58 Å². The van der Waals surface area contributed by atoms with Crippen molar-refractivity contribution in [1.82, 2.24) is 4.98 Å². The lowest BCUT2D eigenvalue weighted by molar-refractivity contribution is 0.167. The van der Waals surface area contributed by atoms with Crippen LogP contribution in [0, 0.1) is 5.92 Å². The summed E-state index contributed by atoms with van der Waals surface area (Å²) in [6, 6.07) is 5.15. The van der Waals surface area contributed by atoms with Gasteiger partial charge in [-0.25, -0.2) is 9.19 Å². The van der Waals surface area contributed by atoms with Crippen molar-refractivity contribution >= 4 is 27.6 Å². The van der Waals surface area contributed by atoms with Crippen LogP contribution in [0.5, 0.6) is 0 Å². The van der Waals surface area contributed by atoms with Crippen LogP contribution in [0.2, 0.25) is 0 Å². The Morgan fingerprint density at radius 2 is 2.33 bits per heavy atom. The monoisotopic (exact) mass is 266 g/mol. The first kappa shape index (κ1) is 11.7. The van der Waals surface area contributed by atoms with Crippen LogP contribution in [-0.2, 0) is 15.5 Å². The summed E-state index contributed by atoms with van der Waals surface area (Å²) in [5, 5.41) is 0.200. The molecule has 2 aromatic rings. The summed E-state index contributed by atoms with van der Waals surface area (Å²) in [5.41, 5.74) is 7.47. The minimum Gasteiger partial charge on any atom is -0.430 e. The van der Waals surface area contributed by atoms with E-state index in [1.807, 2.05) is 0 Å². The minimum absolute atomic E-state index is 0.138. The van der Waals surface area contributed by atoms with Gasteiger partial charge >= 0.3 is 0 Å². The highest BCUT2D eigenvalue weighted by molar-refractivity contribution is 7.84. The number of nitrogen functional groups attached to an aromatic ring is 1. The molecule has 1 unspecified atom stereocenters. The summed E-state index contributed by atoms with van der Waals surface area (Å²) in [4.78, 5) is 4.16. The standard InChI is InChI=1S/C12H14N2O3S/c13-9-3-4-11-10(5-9)14-12(17-11)18(15)7-16-6-8-1-2-8/h3-5,8H,1-2,6-7,13H2. The number of oxazole rings is 1. The van der Waals surface area contributed by atoms with E-state index in [4.69, 9.17) is 14.9 Å². The molecule has 0 aliphatic heterocycles. The van der Waals surface area contributed by atoms with Crippen molar-refractivity contribution < 1.29 is 13.4 Å². The molecule has 1 atom stereocenters. The van der Waals surface area contributed by atoms with Gasteiger partial charge in [-0.1, -0.05) is 0 Å².